The quantitative estimate of drug-likeness (QED) is 0.375. The lowest BCUT2D eigenvalue weighted by molar-refractivity contribution is 0.0997. The average molecular weight is 415 g/mol. The molecule has 1 aromatic heterocycles. The Balaban J connectivity index is 1.40. The van der Waals surface area contributed by atoms with Crippen LogP contribution in [0.4, 0.5) is 26.2 Å². The van der Waals surface area contributed by atoms with E-state index in [1.807, 2.05) is 18.2 Å². The topological polar surface area (TPSA) is 83.4 Å². The molecule has 0 radical (unpaired) electrons. The van der Waals surface area contributed by atoms with Crippen molar-refractivity contribution in [2.45, 2.75) is 0 Å². The summed E-state index contributed by atoms with van der Waals surface area (Å²) in [4.78, 5) is 24.7. The molecule has 0 aliphatic carbocycles. The number of hydrogen-bond donors (Lipinski definition) is 3. The molecule has 0 aliphatic heterocycles. The first kappa shape index (κ1) is 19.9. The second-order valence-electron chi connectivity index (χ2n) is 6.65. The van der Waals surface area contributed by atoms with Crippen molar-refractivity contribution in [3.05, 3.63) is 103 Å². The van der Waals surface area contributed by atoms with E-state index >= 15 is 0 Å². The van der Waals surface area contributed by atoms with Gasteiger partial charge in [-0.3, -0.25) is 4.79 Å². The smallest absolute Gasteiger partial charge is 0.323 e. The highest BCUT2D eigenvalue weighted by atomic mass is 19.1. The van der Waals surface area contributed by atoms with Gasteiger partial charge in [-0.2, -0.15) is 0 Å². The fourth-order valence-electron chi connectivity index (χ4n) is 2.91. The van der Waals surface area contributed by atoms with Crippen LogP contribution >= 0.6 is 0 Å². The molecule has 0 aliphatic rings. The predicted octanol–water partition coefficient (Wildman–Crippen LogP) is 5.98. The van der Waals surface area contributed by atoms with Gasteiger partial charge < -0.3 is 20.4 Å². The van der Waals surface area contributed by atoms with Gasteiger partial charge in [-0.15, -0.1) is 0 Å². The van der Waals surface area contributed by atoms with Crippen molar-refractivity contribution < 1.29 is 18.4 Å². The van der Waals surface area contributed by atoms with Crippen LogP contribution in [0.25, 0.3) is 11.3 Å². The molecular formula is C24H18FN3O3. The number of anilines is 3. The molecule has 154 valence electrons. The normalized spacial score (nSPS) is 10.4. The summed E-state index contributed by atoms with van der Waals surface area (Å²) >= 11 is 0. The average Bonchev–Trinajstić information content (AvgIpc) is 3.26. The molecule has 3 amide bonds. The Hall–Kier alpha value is -4.39. The largest absolute Gasteiger partial charge is 0.451 e. The third kappa shape index (κ3) is 5.16. The first-order valence-electron chi connectivity index (χ1n) is 9.47. The lowest BCUT2D eigenvalue weighted by atomic mass is 10.2. The van der Waals surface area contributed by atoms with E-state index in [1.54, 1.807) is 60.7 Å². The van der Waals surface area contributed by atoms with Gasteiger partial charge in [-0.05, 0) is 66.7 Å². The number of amides is 3. The fraction of sp³-hybridized carbons (Fsp3) is 0. The SMILES string of the molecule is O=C(Nc1ccccc1)Nc1cccc(NC(=O)c2ccc(-c3ccc(F)cc3)o2)c1. The van der Waals surface area contributed by atoms with Crippen LogP contribution in [-0.2, 0) is 0 Å². The maximum Gasteiger partial charge on any atom is 0.323 e. The minimum atomic E-state index is -0.445. The second kappa shape index (κ2) is 8.96. The number of carbonyl (C=O) groups excluding carboxylic acids is 2. The molecule has 4 rings (SSSR count). The number of halogens is 1. The Morgan fingerprint density at radius 3 is 2.06 bits per heavy atom. The van der Waals surface area contributed by atoms with E-state index in [2.05, 4.69) is 16.0 Å². The molecule has 0 unspecified atom stereocenters. The zero-order chi connectivity index (χ0) is 21.6. The number of carbonyl (C=O) groups is 2. The van der Waals surface area contributed by atoms with Gasteiger partial charge in [0.05, 0.1) is 0 Å². The van der Waals surface area contributed by atoms with Crippen LogP contribution in [0.5, 0.6) is 0 Å². The van der Waals surface area contributed by atoms with Crippen LogP contribution in [0.1, 0.15) is 10.6 Å². The first-order valence-corrected chi connectivity index (χ1v) is 9.47. The first-order chi connectivity index (χ1) is 15.1. The second-order valence-corrected chi connectivity index (χ2v) is 6.65. The van der Waals surface area contributed by atoms with Crippen LogP contribution in [0.15, 0.2) is 95.4 Å². The van der Waals surface area contributed by atoms with Crippen LogP contribution < -0.4 is 16.0 Å². The molecule has 0 saturated carbocycles. The Labute approximate surface area is 177 Å². The number of para-hydroxylation sites is 1. The van der Waals surface area contributed by atoms with E-state index in [0.717, 1.165) is 0 Å². The molecule has 0 bridgehead atoms. The standard InChI is InChI=1S/C24H18FN3O3/c25-17-11-9-16(10-12-17)21-13-14-22(31-21)23(29)26-19-7-4-8-20(15-19)28-24(30)27-18-5-2-1-3-6-18/h1-15H,(H,26,29)(H2,27,28,30). The Kier molecular flexibility index (Phi) is 5.75. The van der Waals surface area contributed by atoms with Crippen molar-refractivity contribution in [1.82, 2.24) is 0 Å². The maximum absolute atomic E-state index is 13.1. The predicted molar refractivity (Wildman–Crippen MR) is 118 cm³/mol. The summed E-state index contributed by atoms with van der Waals surface area (Å²) in [5.74, 6) is -0.226. The van der Waals surface area contributed by atoms with E-state index in [4.69, 9.17) is 4.42 Å². The summed E-state index contributed by atoms with van der Waals surface area (Å²) in [5, 5.41) is 8.17. The number of nitrogens with one attached hydrogen (secondary N) is 3. The minimum absolute atomic E-state index is 0.111. The van der Waals surface area contributed by atoms with Crippen LogP contribution in [0.2, 0.25) is 0 Å². The zero-order valence-electron chi connectivity index (χ0n) is 16.3. The summed E-state index contributed by atoms with van der Waals surface area (Å²) in [6.45, 7) is 0. The molecule has 0 saturated heterocycles. The molecular weight excluding hydrogens is 397 g/mol. The zero-order valence-corrected chi connectivity index (χ0v) is 16.3. The van der Waals surface area contributed by atoms with Crippen molar-refractivity contribution in [3.8, 4) is 11.3 Å². The summed E-state index contributed by atoms with van der Waals surface area (Å²) in [5.41, 5.74) is 2.33. The Bertz CT molecular complexity index is 1200. The minimum Gasteiger partial charge on any atom is -0.451 e. The summed E-state index contributed by atoms with van der Waals surface area (Å²) < 4.78 is 18.7. The van der Waals surface area contributed by atoms with Crippen molar-refractivity contribution in [2.75, 3.05) is 16.0 Å². The number of hydrogen-bond acceptors (Lipinski definition) is 3. The molecule has 31 heavy (non-hydrogen) atoms. The van der Waals surface area contributed by atoms with Crippen LogP contribution in [-0.4, -0.2) is 11.9 Å². The van der Waals surface area contributed by atoms with Crippen molar-refractivity contribution >= 4 is 29.0 Å². The van der Waals surface area contributed by atoms with Gasteiger partial charge in [-0.25, -0.2) is 9.18 Å². The number of urea groups is 1. The van der Waals surface area contributed by atoms with Crippen molar-refractivity contribution in [2.24, 2.45) is 0 Å². The van der Waals surface area contributed by atoms with Gasteiger partial charge in [0.25, 0.3) is 5.91 Å². The monoisotopic (exact) mass is 415 g/mol. The summed E-state index contributed by atoms with van der Waals surface area (Å²) in [6, 6.07) is 24.4. The van der Waals surface area contributed by atoms with Gasteiger partial charge in [-0.1, -0.05) is 24.3 Å². The van der Waals surface area contributed by atoms with E-state index in [-0.39, 0.29) is 11.6 Å². The third-order valence-corrected chi connectivity index (χ3v) is 4.37. The highest BCUT2D eigenvalue weighted by molar-refractivity contribution is 6.04. The highest BCUT2D eigenvalue weighted by Gasteiger charge is 2.13. The maximum atomic E-state index is 13.1. The molecule has 6 nitrogen and oxygen atoms in total. The van der Waals surface area contributed by atoms with Gasteiger partial charge in [0.1, 0.15) is 11.6 Å². The third-order valence-electron chi connectivity index (χ3n) is 4.37. The molecule has 7 heteroatoms. The van der Waals surface area contributed by atoms with E-state index in [0.29, 0.717) is 28.4 Å². The summed E-state index contributed by atoms with van der Waals surface area (Å²) in [6.07, 6.45) is 0. The molecule has 3 N–H and O–H groups in total. The highest BCUT2D eigenvalue weighted by Crippen LogP contribution is 2.23. The number of furan rings is 1. The van der Waals surface area contributed by atoms with Gasteiger partial charge >= 0.3 is 6.03 Å². The van der Waals surface area contributed by atoms with Crippen molar-refractivity contribution in [3.63, 3.8) is 0 Å². The molecule has 0 atom stereocenters. The van der Waals surface area contributed by atoms with E-state index in [1.165, 1.54) is 12.1 Å². The van der Waals surface area contributed by atoms with Crippen molar-refractivity contribution in [1.29, 1.82) is 0 Å². The lowest BCUT2D eigenvalue weighted by Crippen LogP contribution is -2.19. The molecule has 0 spiro atoms. The van der Waals surface area contributed by atoms with Crippen LogP contribution in [0, 0.1) is 5.82 Å². The lowest BCUT2D eigenvalue weighted by Gasteiger charge is -2.09. The van der Waals surface area contributed by atoms with Gasteiger partial charge in [0.15, 0.2) is 5.76 Å². The Morgan fingerprint density at radius 2 is 1.32 bits per heavy atom. The molecule has 3 aromatic carbocycles. The summed E-state index contributed by atoms with van der Waals surface area (Å²) in [7, 11) is 0. The van der Waals surface area contributed by atoms with Crippen LogP contribution in [0.3, 0.4) is 0 Å². The van der Waals surface area contributed by atoms with E-state index < -0.39 is 11.9 Å². The molecule has 1 heterocycles. The number of rotatable bonds is 5. The van der Waals surface area contributed by atoms with Gasteiger partial charge in [0, 0.05) is 22.6 Å². The number of benzene rings is 3. The molecule has 4 aromatic rings. The van der Waals surface area contributed by atoms with E-state index in [9.17, 15) is 14.0 Å². The molecule has 0 fully saturated rings. The fourth-order valence-corrected chi connectivity index (χ4v) is 2.91. The Morgan fingerprint density at radius 1 is 0.677 bits per heavy atom. The van der Waals surface area contributed by atoms with Gasteiger partial charge in [0.2, 0.25) is 0 Å².